The first kappa shape index (κ1) is 7.56. The molecular weight excluding hydrogens is 140 g/mol. The van der Waals surface area contributed by atoms with E-state index in [9.17, 15) is 0 Å². The molecule has 2 fully saturated rings. The molecule has 11 heavy (non-hydrogen) atoms. The molecule has 0 aromatic carbocycles. The highest BCUT2D eigenvalue weighted by atomic mass is 16.3. The number of hydrogen-bond donors (Lipinski definition) is 2. The molecule has 2 N–H and O–H groups in total. The standard InChI is InChI=1S/C9H16O2/c10-5-7-1-9(2-7)3-8(4-9)6-11/h7-8,10-11H,1-6H2. The monoisotopic (exact) mass is 156 g/mol. The lowest BCUT2D eigenvalue weighted by Gasteiger charge is -2.57. The molecule has 0 bridgehead atoms. The Kier molecular flexibility index (Phi) is 1.69. The molecule has 0 radical (unpaired) electrons. The van der Waals surface area contributed by atoms with Crippen molar-refractivity contribution in [3.63, 3.8) is 0 Å². The van der Waals surface area contributed by atoms with Crippen LogP contribution in [0.1, 0.15) is 25.7 Å². The smallest absolute Gasteiger partial charge is 0.0459 e. The minimum absolute atomic E-state index is 0.367. The van der Waals surface area contributed by atoms with Crippen LogP contribution >= 0.6 is 0 Å². The zero-order chi connectivity index (χ0) is 7.90. The fourth-order valence-electron chi connectivity index (χ4n) is 2.92. The molecule has 0 amide bonds. The molecule has 0 saturated heterocycles. The third-order valence-electron chi connectivity index (χ3n) is 3.40. The molecule has 0 aromatic rings. The Bertz CT molecular complexity index is 122. The van der Waals surface area contributed by atoms with Gasteiger partial charge in [0.1, 0.15) is 0 Å². The molecule has 2 aliphatic rings. The highest BCUT2D eigenvalue weighted by molar-refractivity contribution is 5.02. The van der Waals surface area contributed by atoms with E-state index in [1.54, 1.807) is 0 Å². The van der Waals surface area contributed by atoms with Crippen molar-refractivity contribution in [1.82, 2.24) is 0 Å². The Morgan fingerprint density at radius 1 is 0.909 bits per heavy atom. The van der Waals surface area contributed by atoms with Crippen LogP contribution in [0.15, 0.2) is 0 Å². The quantitative estimate of drug-likeness (QED) is 0.620. The van der Waals surface area contributed by atoms with Crippen LogP contribution in [-0.4, -0.2) is 23.4 Å². The van der Waals surface area contributed by atoms with Crippen LogP contribution in [0.5, 0.6) is 0 Å². The van der Waals surface area contributed by atoms with Gasteiger partial charge in [0.05, 0.1) is 0 Å². The summed E-state index contributed by atoms with van der Waals surface area (Å²) < 4.78 is 0. The SMILES string of the molecule is OCC1CC2(C1)CC(CO)C2. The highest BCUT2D eigenvalue weighted by Crippen LogP contribution is 2.60. The predicted octanol–water partition coefficient (Wildman–Crippen LogP) is 0.777. The molecule has 0 aromatic heterocycles. The summed E-state index contributed by atoms with van der Waals surface area (Å²) in [5.74, 6) is 1.16. The summed E-state index contributed by atoms with van der Waals surface area (Å²) in [5, 5.41) is 17.6. The molecule has 2 nitrogen and oxygen atoms in total. The minimum atomic E-state index is 0.367. The molecule has 0 heterocycles. The summed E-state index contributed by atoms with van der Waals surface area (Å²) >= 11 is 0. The van der Waals surface area contributed by atoms with E-state index >= 15 is 0 Å². The van der Waals surface area contributed by atoms with Crippen LogP contribution in [0.2, 0.25) is 0 Å². The Morgan fingerprint density at radius 2 is 1.27 bits per heavy atom. The van der Waals surface area contributed by atoms with Crippen molar-refractivity contribution in [1.29, 1.82) is 0 Å². The molecule has 0 unspecified atom stereocenters. The van der Waals surface area contributed by atoms with Gasteiger partial charge in [-0.1, -0.05) is 0 Å². The van der Waals surface area contributed by atoms with E-state index in [0.717, 1.165) is 0 Å². The summed E-state index contributed by atoms with van der Waals surface area (Å²) in [6.07, 6.45) is 4.83. The molecule has 2 aliphatic carbocycles. The lowest BCUT2D eigenvalue weighted by atomic mass is 9.48. The van der Waals surface area contributed by atoms with Crippen molar-refractivity contribution in [2.24, 2.45) is 17.3 Å². The first-order chi connectivity index (χ1) is 5.28. The molecule has 64 valence electrons. The topological polar surface area (TPSA) is 40.5 Å². The molecular formula is C9H16O2. The highest BCUT2D eigenvalue weighted by Gasteiger charge is 2.51. The van der Waals surface area contributed by atoms with Crippen LogP contribution in [0.25, 0.3) is 0 Å². The Morgan fingerprint density at radius 3 is 1.55 bits per heavy atom. The minimum Gasteiger partial charge on any atom is -0.396 e. The van der Waals surface area contributed by atoms with E-state index in [0.29, 0.717) is 30.5 Å². The van der Waals surface area contributed by atoms with E-state index in [2.05, 4.69) is 0 Å². The van der Waals surface area contributed by atoms with Gasteiger partial charge in [-0.3, -0.25) is 0 Å². The average molecular weight is 156 g/mol. The summed E-state index contributed by atoms with van der Waals surface area (Å²) in [7, 11) is 0. The van der Waals surface area contributed by atoms with Gasteiger partial charge in [0.2, 0.25) is 0 Å². The van der Waals surface area contributed by atoms with Gasteiger partial charge in [0.25, 0.3) is 0 Å². The van der Waals surface area contributed by atoms with Crippen molar-refractivity contribution in [3.8, 4) is 0 Å². The lowest BCUT2D eigenvalue weighted by molar-refractivity contribution is -0.0955. The van der Waals surface area contributed by atoms with Gasteiger partial charge in [-0.05, 0) is 42.9 Å². The molecule has 2 heteroatoms. The summed E-state index contributed by atoms with van der Waals surface area (Å²) in [6.45, 7) is 0.733. The van der Waals surface area contributed by atoms with E-state index in [4.69, 9.17) is 10.2 Å². The van der Waals surface area contributed by atoms with Crippen LogP contribution < -0.4 is 0 Å². The van der Waals surface area contributed by atoms with E-state index in [-0.39, 0.29) is 0 Å². The van der Waals surface area contributed by atoms with Crippen LogP contribution in [0, 0.1) is 17.3 Å². The van der Waals surface area contributed by atoms with Gasteiger partial charge in [-0.25, -0.2) is 0 Å². The second kappa shape index (κ2) is 2.46. The fraction of sp³-hybridized carbons (Fsp3) is 1.00. The first-order valence-electron chi connectivity index (χ1n) is 4.50. The van der Waals surface area contributed by atoms with Crippen LogP contribution in [-0.2, 0) is 0 Å². The fourth-order valence-corrected chi connectivity index (χ4v) is 2.92. The Labute approximate surface area is 67.2 Å². The summed E-state index contributed by atoms with van der Waals surface area (Å²) in [5.41, 5.74) is 0.570. The van der Waals surface area contributed by atoms with Crippen molar-refractivity contribution in [2.45, 2.75) is 25.7 Å². The lowest BCUT2D eigenvalue weighted by Crippen LogP contribution is -2.49. The zero-order valence-corrected chi connectivity index (χ0v) is 6.79. The maximum absolute atomic E-state index is 8.81. The van der Waals surface area contributed by atoms with Gasteiger partial charge in [0.15, 0.2) is 0 Å². The van der Waals surface area contributed by atoms with Gasteiger partial charge in [-0.2, -0.15) is 0 Å². The van der Waals surface area contributed by atoms with Crippen LogP contribution in [0.3, 0.4) is 0 Å². The van der Waals surface area contributed by atoms with E-state index < -0.39 is 0 Å². The van der Waals surface area contributed by atoms with Gasteiger partial charge >= 0.3 is 0 Å². The predicted molar refractivity (Wildman–Crippen MR) is 42.1 cm³/mol. The summed E-state index contributed by atoms with van der Waals surface area (Å²) in [4.78, 5) is 0. The molecule has 0 aliphatic heterocycles. The maximum atomic E-state index is 8.81. The van der Waals surface area contributed by atoms with E-state index in [1.165, 1.54) is 25.7 Å². The number of aliphatic hydroxyl groups is 2. The molecule has 0 atom stereocenters. The maximum Gasteiger partial charge on any atom is 0.0459 e. The molecule has 1 spiro atoms. The molecule has 2 saturated carbocycles. The largest absolute Gasteiger partial charge is 0.396 e. The average Bonchev–Trinajstić information content (AvgIpc) is 1.83. The Balaban J connectivity index is 1.75. The normalized spacial score (nSPS) is 48.5. The van der Waals surface area contributed by atoms with Crippen molar-refractivity contribution < 1.29 is 10.2 Å². The number of aliphatic hydroxyl groups excluding tert-OH is 2. The van der Waals surface area contributed by atoms with Gasteiger partial charge in [-0.15, -0.1) is 0 Å². The van der Waals surface area contributed by atoms with Crippen molar-refractivity contribution >= 4 is 0 Å². The van der Waals surface area contributed by atoms with Crippen LogP contribution in [0.4, 0.5) is 0 Å². The third kappa shape index (κ3) is 1.09. The summed E-state index contributed by atoms with van der Waals surface area (Å²) in [6, 6.07) is 0. The Hall–Kier alpha value is -0.0800. The number of rotatable bonds is 2. The second-order valence-corrected chi connectivity index (χ2v) is 4.41. The third-order valence-corrected chi connectivity index (χ3v) is 3.40. The van der Waals surface area contributed by atoms with E-state index in [1.807, 2.05) is 0 Å². The van der Waals surface area contributed by atoms with Gasteiger partial charge < -0.3 is 10.2 Å². The van der Waals surface area contributed by atoms with Gasteiger partial charge in [0, 0.05) is 13.2 Å². The second-order valence-electron chi connectivity index (χ2n) is 4.41. The number of hydrogen-bond acceptors (Lipinski definition) is 2. The molecule has 2 rings (SSSR count). The first-order valence-corrected chi connectivity index (χ1v) is 4.50. The van der Waals surface area contributed by atoms with Crippen molar-refractivity contribution in [2.75, 3.05) is 13.2 Å². The zero-order valence-electron chi connectivity index (χ0n) is 6.79. The van der Waals surface area contributed by atoms with Crippen molar-refractivity contribution in [3.05, 3.63) is 0 Å².